The van der Waals surface area contributed by atoms with Crippen LogP contribution in [0.3, 0.4) is 0 Å². The maximum atomic E-state index is 9.24. The van der Waals surface area contributed by atoms with Crippen LogP contribution in [0, 0.1) is 11.3 Å². The molecule has 0 N–H and O–H groups in total. The second-order valence-electron chi connectivity index (χ2n) is 6.91. The standard InChI is InChI=1S/C16H21BN2O3/c1-15(2)16(3,4)22-17(21-15)11-8-12(10-18)19-13(9-11)14-6-5-7-20-14/h8-9,14H,5-7H2,1-4H3. The molecule has 1 aromatic rings. The van der Waals surface area contributed by atoms with Gasteiger partial charge in [-0.2, -0.15) is 5.26 Å². The lowest BCUT2D eigenvalue weighted by atomic mass is 9.78. The van der Waals surface area contributed by atoms with Gasteiger partial charge < -0.3 is 14.0 Å². The quantitative estimate of drug-likeness (QED) is 0.783. The van der Waals surface area contributed by atoms with Gasteiger partial charge >= 0.3 is 7.12 Å². The van der Waals surface area contributed by atoms with E-state index >= 15 is 0 Å². The van der Waals surface area contributed by atoms with Gasteiger partial charge in [-0.3, -0.25) is 0 Å². The van der Waals surface area contributed by atoms with Gasteiger partial charge in [0.1, 0.15) is 11.8 Å². The van der Waals surface area contributed by atoms with Crippen LogP contribution in [0.25, 0.3) is 0 Å². The van der Waals surface area contributed by atoms with E-state index in [1.807, 2.05) is 33.8 Å². The van der Waals surface area contributed by atoms with Crippen LogP contribution in [-0.2, 0) is 14.0 Å². The first-order valence-corrected chi connectivity index (χ1v) is 7.72. The van der Waals surface area contributed by atoms with Gasteiger partial charge in [0, 0.05) is 6.61 Å². The minimum Gasteiger partial charge on any atom is -0.399 e. The molecule has 1 atom stereocenters. The van der Waals surface area contributed by atoms with E-state index in [9.17, 15) is 5.26 Å². The molecule has 6 heteroatoms. The summed E-state index contributed by atoms with van der Waals surface area (Å²) in [7, 11) is -0.486. The van der Waals surface area contributed by atoms with Crippen LogP contribution in [0.5, 0.6) is 0 Å². The van der Waals surface area contributed by atoms with E-state index in [-0.39, 0.29) is 6.10 Å². The maximum Gasteiger partial charge on any atom is 0.495 e. The molecule has 5 nitrogen and oxygen atoms in total. The van der Waals surface area contributed by atoms with Crippen molar-refractivity contribution in [2.24, 2.45) is 0 Å². The van der Waals surface area contributed by atoms with Gasteiger partial charge in [-0.1, -0.05) is 0 Å². The molecule has 0 aliphatic carbocycles. The SMILES string of the molecule is CC1(C)OB(c2cc(C#N)nc(C3CCCO3)c2)OC1(C)C. The molecular formula is C16H21BN2O3. The Morgan fingerprint density at radius 1 is 1.23 bits per heavy atom. The molecule has 3 heterocycles. The molecule has 3 rings (SSSR count). The average molecular weight is 300 g/mol. The molecule has 2 aliphatic heterocycles. The Bertz CT molecular complexity index is 602. The van der Waals surface area contributed by atoms with Gasteiger partial charge in [0.15, 0.2) is 0 Å². The molecule has 2 saturated heterocycles. The monoisotopic (exact) mass is 300 g/mol. The van der Waals surface area contributed by atoms with E-state index in [4.69, 9.17) is 14.0 Å². The predicted molar refractivity (Wildman–Crippen MR) is 82.6 cm³/mol. The van der Waals surface area contributed by atoms with Crippen molar-refractivity contribution < 1.29 is 14.0 Å². The lowest BCUT2D eigenvalue weighted by molar-refractivity contribution is 0.00578. The van der Waals surface area contributed by atoms with E-state index < -0.39 is 18.3 Å². The summed E-state index contributed by atoms with van der Waals surface area (Å²) < 4.78 is 17.8. The number of pyridine rings is 1. The van der Waals surface area contributed by atoms with E-state index in [0.29, 0.717) is 5.69 Å². The number of rotatable bonds is 2. The summed E-state index contributed by atoms with van der Waals surface area (Å²) in [5.74, 6) is 0. The Kier molecular flexibility index (Phi) is 3.76. The first kappa shape index (κ1) is 15.5. The molecule has 0 aromatic carbocycles. The fourth-order valence-electron chi connectivity index (χ4n) is 2.72. The summed E-state index contributed by atoms with van der Waals surface area (Å²) in [6.07, 6.45) is 1.93. The van der Waals surface area contributed by atoms with E-state index in [0.717, 1.165) is 30.6 Å². The highest BCUT2D eigenvalue weighted by Crippen LogP contribution is 2.36. The third kappa shape index (κ3) is 2.65. The topological polar surface area (TPSA) is 64.4 Å². The fraction of sp³-hybridized carbons (Fsp3) is 0.625. The lowest BCUT2D eigenvalue weighted by Gasteiger charge is -2.32. The molecule has 2 aliphatic rings. The molecule has 0 saturated carbocycles. The van der Waals surface area contributed by atoms with Crippen LogP contribution in [0.2, 0.25) is 0 Å². The number of nitriles is 1. The summed E-state index contributed by atoms with van der Waals surface area (Å²) in [5.41, 5.74) is 1.19. The Labute approximate surface area is 131 Å². The maximum absolute atomic E-state index is 9.24. The van der Waals surface area contributed by atoms with E-state index in [2.05, 4.69) is 11.1 Å². The van der Waals surface area contributed by atoms with Gasteiger partial charge in [-0.25, -0.2) is 4.98 Å². The smallest absolute Gasteiger partial charge is 0.399 e. The number of aromatic nitrogens is 1. The van der Waals surface area contributed by atoms with Crippen LogP contribution in [-0.4, -0.2) is 29.9 Å². The number of hydrogen-bond acceptors (Lipinski definition) is 5. The number of nitrogens with zero attached hydrogens (tertiary/aromatic N) is 2. The Morgan fingerprint density at radius 2 is 1.91 bits per heavy atom. The van der Waals surface area contributed by atoms with Gasteiger partial charge in [0.25, 0.3) is 0 Å². The summed E-state index contributed by atoms with van der Waals surface area (Å²) in [4.78, 5) is 4.38. The molecule has 1 aromatic heterocycles. The van der Waals surface area contributed by atoms with Crippen molar-refractivity contribution >= 4 is 12.6 Å². The summed E-state index contributed by atoms with van der Waals surface area (Å²) in [6, 6.07) is 5.80. The van der Waals surface area contributed by atoms with Crippen LogP contribution >= 0.6 is 0 Å². The normalized spacial score (nSPS) is 26.1. The van der Waals surface area contributed by atoms with Crippen molar-refractivity contribution in [3.05, 3.63) is 23.5 Å². The molecular weight excluding hydrogens is 279 g/mol. The van der Waals surface area contributed by atoms with Crippen molar-refractivity contribution in [2.75, 3.05) is 6.61 Å². The highest BCUT2D eigenvalue weighted by Gasteiger charge is 2.51. The van der Waals surface area contributed by atoms with Gasteiger partial charge in [0.05, 0.1) is 23.0 Å². The zero-order valence-electron chi connectivity index (χ0n) is 13.5. The fourth-order valence-corrected chi connectivity index (χ4v) is 2.72. The zero-order chi connectivity index (χ0) is 16.0. The largest absolute Gasteiger partial charge is 0.495 e. The Hall–Kier alpha value is -1.42. The van der Waals surface area contributed by atoms with Crippen molar-refractivity contribution in [3.8, 4) is 6.07 Å². The second kappa shape index (κ2) is 5.34. The first-order chi connectivity index (χ1) is 10.3. The second-order valence-corrected chi connectivity index (χ2v) is 6.91. The van der Waals surface area contributed by atoms with Gasteiger partial charge in [0.2, 0.25) is 0 Å². The number of ether oxygens (including phenoxy) is 1. The van der Waals surface area contributed by atoms with Crippen LogP contribution in [0.1, 0.15) is 58.0 Å². The average Bonchev–Trinajstić information content (AvgIpc) is 3.05. The van der Waals surface area contributed by atoms with Crippen molar-refractivity contribution in [1.82, 2.24) is 4.98 Å². The van der Waals surface area contributed by atoms with E-state index in [1.165, 1.54) is 0 Å². The first-order valence-electron chi connectivity index (χ1n) is 7.72. The van der Waals surface area contributed by atoms with Gasteiger partial charge in [-0.15, -0.1) is 0 Å². The highest BCUT2D eigenvalue weighted by molar-refractivity contribution is 6.62. The van der Waals surface area contributed by atoms with Crippen LogP contribution in [0.4, 0.5) is 0 Å². The zero-order valence-corrected chi connectivity index (χ0v) is 13.5. The third-order valence-electron chi connectivity index (χ3n) is 4.77. The molecule has 22 heavy (non-hydrogen) atoms. The van der Waals surface area contributed by atoms with Gasteiger partial charge in [-0.05, 0) is 58.1 Å². The number of hydrogen-bond donors (Lipinski definition) is 0. The van der Waals surface area contributed by atoms with Crippen molar-refractivity contribution in [1.29, 1.82) is 5.26 Å². The summed E-state index contributed by atoms with van der Waals surface area (Å²) in [6.45, 7) is 8.80. The minimum atomic E-state index is -0.486. The highest BCUT2D eigenvalue weighted by atomic mass is 16.7. The Morgan fingerprint density at radius 3 is 2.45 bits per heavy atom. The summed E-state index contributed by atoms with van der Waals surface area (Å²) in [5, 5.41) is 9.24. The van der Waals surface area contributed by atoms with E-state index in [1.54, 1.807) is 6.07 Å². The predicted octanol–water partition coefficient (Wildman–Crippen LogP) is 2.10. The molecule has 2 fully saturated rings. The van der Waals surface area contributed by atoms with Crippen molar-refractivity contribution in [3.63, 3.8) is 0 Å². The molecule has 0 radical (unpaired) electrons. The molecule has 1 unspecified atom stereocenters. The molecule has 0 spiro atoms. The lowest BCUT2D eigenvalue weighted by Crippen LogP contribution is -2.41. The molecule has 0 amide bonds. The molecule has 116 valence electrons. The third-order valence-corrected chi connectivity index (χ3v) is 4.77. The van der Waals surface area contributed by atoms with Crippen LogP contribution < -0.4 is 5.46 Å². The van der Waals surface area contributed by atoms with Crippen molar-refractivity contribution in [2.45, 2.75) is 57.8 Å². The van der Waals surface area contributed by atoms with Crippen LogP contribution in [0.15, 0.2) is 12.1 Å². The Balaban J connectivity index is 1.94. The summed E-state index contributed by atoms with van der Waals surface area (Å²) >= 11 is 0. The molecule has 0 bridgehead atoms. The minimum absolute atomic E-state index is 0.0329.